The van der Waals surface area contributed by atoms with Crippen molar-refractivity contribution in [3.05, 3.63) is 35.4 Å². The fourth-order valence-electron chi connectivity index (χ4n) is 2.87. The lowest BCUT2D eigenvalue weighted by Gasteiger charge is -2.35. The van der Waals surface area contributed by atoms with E-state index in [4.69, 9.17) is 0 Å². The molecular weight excluding hydrogens is 293 g/mol. The Labute approximate surface area is 128 Å². The SMILES string of the molecule is C[C@@H]1CN(C)CC[C@@H]1NC(=O)Cc1cccc(C(F)(F)F)c1. The van der Waals surface area contributed by atoms with Crippen molar-refractivity contribution in [1.82, 2.24) is 10.2 Å². The molecule has 1 aliphatic heterocycles. The Morgan fingerprint density at radius 3 is 2.77 bits per heavy atom. The molecule has 2 rings (SSSR count). The number of nitrogens with one attached hydrogen (secondary N) is 1. The van der Waals surface area contributed by atoms with Crippen LogP contribution >= 0.6 is 0 Å². The molecule has 0 aliphatic carbocycles. The Kier molecular flexibility index (Phi) is 5.11. The second-order valence-electron chi connectivity index (χ2n) is 6.08. The van der Waals surface area contributed by atoms with Crippen LogP contribution in [0.25, 0.3) is 0 Å². The molecular formula is C16H21F3N2O. The van der Waals surface area contributed by atoms with Crippen molar-refractivity contribution in [2.24, 2.45) is 5.92 Å². The largest absolute Gasteiger partial charge is 0.416 e. The zero-order valence-corrected chi connectivity index (χ0v) is 12.8. The highest BCUT2D eigenvalue weighted by Crippen LogP contribution is 2.29. The van der Waals surface area contributed by atoms with Gasteiger partial charge in [-0.3, -0.25) is 4.79 Å². The van der Waals surface area contributed by atoms with Gasteiger partial charge in [0, 0.05) is 12.6 Å². The van der Waals surface area contributed by atoms with Crippen LogP contribution in [0.4, 0.5) is 13.2 Å². The molecule has 2 atom stereocenters. The summed E-state index contributed by atoms with van der Waals surface area (Å²) in [5, 5.41) is 2.95. The number of hydrogen-bond donors (Lipinski definition) is 1. The highest BCUT2D eigenvalue weighted by atomic mass is 19.4. The van der Waals surface area contributed by atoms with E-state index < -0.39 is 11.7 Å². The summed E-state index contributed by atoms with van der Waals surface area (Å²) in [6, 6.07) is 5.03. The second-order valence-corrected chi connectivity index (χ2v) is 6.08. The average Bonchev–Trinajstić information content (AvgIpc) is 2.41. The average molecular weight is 314 g/mol. The molecule has 1 aromatic rings. The summed E-state index contributed by atoms with van der Waals surface area (Å²) >= 11 is 0. The first-order valence-electron chi connectivity index (χ1n) is 7.40. The first kappa shape index (κ1) is 16.8. The van der Waals surface area contributed by atoms with Gasteiger partial charge in [-0.1, -0.05) is 25.1 Å². The maximum Gasteiger partial charge on any atom is 0.416 e. The summed E-state index contributed by atoms with van der Waals surface area (Å²) in [5.41, 5.74) is -0.335. The topological polar surface area (TPSA) is 32.3 Å². The summed E-state index contributed by atoms with van der Waals surface area (Å²) in [6.07, 6.45) is -3.54. The van der Waals surface area contributed by atoms with E-state index in [1.807, 2.05) is 7.05 Å². The number of piperidine rings is 1. The zero-order valence-electron chi connectivity index (χ0n) is 12.8. The van der Waals surface area contributed by atoms with Gasteiger partial charge in [0.15, 0.2) is 0 Å². The number of benzene rings is 1. The monoisotopic (exact) mass is 314 g/mol. The van der Waals surface area contributed by atoms with E-state index in [2.05, 4.69) is 17.1 Å². The molecule has 3 nitrogen and oxygen atoms in total. The van der Waals surface area contributed by atoms with E-state index in [-0.39, 0.29) is 18.4 Å². The molecule has 1 fully saturated rings. The predicted molar refractivity (Wildman–Crippen MR) is 78.4 cm³/mol. The Bertz CT molecular complexity index is 530. The molecule has 6 heteroatoms. The summed E-state index contributed by atoms with van der Waals surface area (Å²) in [5.74, 6) is 0.116. The van der Waals surface area contributed by atoms with Gasteiger partial charge in [-0.15, -0.1) is 0 Å². The van der Waals surface area contributed by atoms with E-state index in [9.17, 15) is 18.0 Å². The van der Waals surface area contributed by atoms with Gasteiger partial charge < -0.3 is 10.2 Å². The maximum absolute atomic E-state index is 12.7. The summed E-state index contributed by atoms with van der Waals surface area (Å²) in [7, 11) is 2.04. The third-order valence-electron chi connectivity index (χ3n) is 4.07. The van der Waals surface area contributed by atoms with Crippen LogP contribution in [0.3, 0.4) is 0 Å². The standard InChI is InChI=1S/C16H21F3N2O/c1-11-10-21(2)7-6-14(11)20-15(22)9-12-4-3-5-13(8-12)16(17,18)19/h3-5,8,11,14H,6-7,9-10H2,1-2H3,(H,20,22)/t11-,14+/m1/s1. The van der Waals surface area contributed by atoms with Crippen LogP contribution in [0.5, 0.6) is 0 Å². The lowest BCUT2D eigenvalue weighted by molar-refractivity contribution is -0.137. The molecule has 1 N–H and O–H groups in total. The van der Waals surface area contributed by atoms with Crippen LogP contribution in [-0.2, 0) is 17.4 Å². The molecule has 0 radical (unpaired) electrons. The molecule has 0 unspecified atom stereocenters. The van der Waals surface area contributed by atoms with Crippen molar-refractivity contribution in [3.8, 4) is 0 Å². The van der Waals surface area contributed by atoms with Crippen molar-refractivity contribution in [1.29, 1.82) is 0 Å². The molecule has 0 bridgehead atoms. The van der Waals surface area contributed by atoms with Gasteiger partial charge in [-0.05, 0) is 37.6 Å². The first-order chi connectivity index (χ1) is 10.3. The van der Waals surface area contributed by atoms with Crippen LogP contribution < -0.4 is 5.32 Å². The predicted octanol–water partition coefficient (Wildman–Crippen LogP) is 2.70. The van der Waals surface area contributed by atoms with Crippen molar-refractivity contribution >= 4 is 5.91 Å². The van der Waals surface area contributed by atoms with Gasteiger partial charge in [0.05, 0.1) is 12.0 Å². The van der Waals surface area contributed by atoms with Crippen LogP contribution in [0.15, 0.2) is 24.3 Å². The molecule has 1 saturated heterocycles. The van der Waals surface area contributed by atoms with Gasteiger partial charge in [-0.2, -0.15) is 13.2 Å². The second kappa shape index (κ2) is 6.69. The van der Waals surface area contributed by atoms with Crippen molar-refractivity contribution in [2.45, 2.75) is 32.0 Å². The summed E-state index contributed by atoms with van der Waals surface area (Å²) in [6.45, 7) is 3.90. The molecule has 1 aromatic carbocycles. The molecule has 0 spiro atoms. The lowest BCUT2D eigenvalue weighted by Crippen LogP contribution is -2.49. The number of hydrogen-bond acceptors (Lipinski definition) is 2. The minimum absolute atomic E-state index is 0.0248. The Morgan fingerprint density at radius 1 is 1.41 bits per heavy atom. The first-order valence-corrected chi connectivity index (χ1v) is 7.40. The van der Waals surface area contributed by atoms with Gasteiger partial charge in [0.25, 0.3) is 0 Å². The quantitative estimate of drug-likeness (QED) is 0.930. The molecule has 1 aliphatic rings. The van der Waals surface area contributed by atoms with E-state index in [1.54, 1.807) is 6.07 Å². The number of nitrogens with zero attached hydrogens (tertiary/aromatic N) is 1. The number of alkyl halides is 3. The molecule has 1 heterocycles. The van der Waals surface area contributed by atoms with E-state index in [0.29, 0.717) is 11.5 Å². The van der Waals surface area contributed by atoms with Gasteiger partial charge in [0.2, 0.25) is 5.91 Å². The third kappa shape index (κ3) is 4.47. The van der Waals surface area contributed by atoms with E-state index in [1.165, 1.54) is 6.07 Å². The third-order valence-corrected chi connectivity index (χ3v) is 4.07. The smallest absolute Gasteiger partial charge is 0.353 e. The number of halogens is 3. The van der Waals surface area contributed by atoms with Crippen molar-refractivity contribution in [2.75, 3.05) is 20.1 Å². The van der Waals surface area contributed by atoms with Gasteiger partial charge in [-0.25, -0.2) is 0 Å². The van der Waals surface area contributed by atoms with Crippen LogP contribution in [0.1, 0.15) is 24.5 Å². The number of carbonyl (C=O) groups excluding carboxylic acids is 1. The summed E-state index contributed by atoms with van der Waals surface area (Å²) < 4.78 is 38.0. The highest BCUT2D eigenvalue weighted by molar-refractivity contribution is 5.79. The molecule has 22 heavy (non-hydrogen) atoms. The Hall–Kier alpha value is -1.56. The molecule has 1 amide bonds. The van der Waals surface area contributed by atoms with Crippen LogP contribution in [0, 0.1) is 5.92 Å². The zero-order chi connectivity index (χ0) is 16.3. The normalized spacial score (nSPS) is 23.3. The molecule has 0 aromatic heterocycles. The molecule has 122 valence electrons. The van der Waals surface area contributed by atoms with Crippen LogP contribution in [0.2, 0.25) is 0 Å². The molecule has 0 saturated carbocycles. The van der Waals surface area contributed by atoms with Gasteiger partial charge in [0.1, 0.15) is 0 Å². The minimum Gasteiger partial charge on any atom is -0.353 e. The fraction of sp³-hybridized carbons (Fsp3) is 0.562. The fourth-order valence-corrected chi connectivity index (χ4v) is 2.87. The van der Waals surface area contributed by atoms with Crippen molar-refractivity contribution < 1.29 is 18.0 Å². The Morgan fingerprint density at radius 2 is 2.14 bits per heavy atom. The maximum atomic E-state index is 12.7. The number of amides is 1. The van der Waals surface area contributed by atoms with Gasteiger partial charge >= 0.3 is 6.18 Å². The van der Waals surface area contributed by atoms with E-state index in [0.717, 1.165) is 31.6 Å². The highest BCUT2D eigenvalue weighted by Gasteiger charge is 2.30. The minimum atomic E-state index is -4.38. The lowest BCUT2D eigenvalue weighted by atomic mass is 9.94. The number of carbonyl (C=O) groups is 1. The van der Waals surface area contributed by atoms with Crippen molar-refractivity contribution in [3.63, 3.8) is 0 Å². The number of rotatable bonds is 3. The van der Waals surface area contributed by atoms with E-state index >= 15 is 0 Å². The van der Waals surface area contributed by atoms with Crippen LogP contribution in [-0.4, -0.2) is 37.0 Å². The Balaban J connectivity index is 1.95. The number of likely N-dealkylation sites (tertiary alicyclic amines) is 1. The summed E-state index contributed by atoms with van der Waals surface area (Å²) in [4.78, 5) is 14.3.